The van der Waals surface area contributed by atoms with Crippen LogP contribution < -0.4 is 20.0 Å². The van der Waals surface area contributed by atoms with E-state index >= 15 is 0 Å². The normalized spacial score (nSPS) is 15.4. The van der Waals surface area contributed by atoms with Crippen molar-refractivity contribution in [1.29, 1.82) is 0 Å². The summed E-state index contributed by atoms with van der Waals surface area (Å²) >= 11 is 0. The summed E-state index contributed by atoms with van der Waals surface area (Å²) in [6.07, 6.45) is 3.80. The maximum atomic E-state index is 13.5. The van der Waals surface area contributed by atoms with Crippen LogP contribution in [0.3, 0.4) is 0 Å². The van der Waals surface area contributed by atoms with Gasteiger partial charge in [0.2, 0.25) is 0 Å². The van der Waals surface area contributed by atoms with Crippen LogP contribution in [0.1, 0.15) is 16.1 Å². The first kappa shape index (κ1) is 28.6. The molecular weight excluding hydrogens is 564 g/mol. The molecular formula is C36H36N6O3. The molecule has 5 aromatic rings. The number of piperazine rings is 1. The van der Waals surface area contributed by atoms with E-state index in [-0.39, 0.29) is 0 Å². The highest BCUT2D eigenvalue weighted by molar-refractivity contribution is 6.47. The molecule has 45 heavy (non-hydrogen) atoms. The van der Waals surface area contributed by atoms with Gasteiger partial charge in [-0.2, -0.15) is 0 Å². The second-order valence-corrected chi connectivity index (χ2v) is 11.5. The molecule has 0 aliphatic carbocycles. The molecule has 2 fully saturated rings. The number of anilines is 4. The number of benzene rings is 2. The summed E-state index contributed by atoms with van der Waals surface area (Å²) in [6.45, 7) is 8.91. The van der Waals surface area contributed by atoms with Gasteiger partial charge in [0.1, 0.15) is 11.5 Å². The minimum absolute atomic E-state index is 0.351. The van der Waals surface area contributed by atoms with Crippen molar-refractivity contribution >= 4 is 40.1 Å². The number of carbonyl (C=O) groups excluding carboxylic acids is 2. The van der Waals surface area contributed by atoms with Gasteiger partial charge in [-0.1, -0.05) is 36.4 Å². The first-order valence-electron chi connectivity index (χ1n) is 15.5. The second-order valence-electron chi connectivity index (χ2n) is 11.5. The number of pyridine rings is 2. The molecule has 0 saturated carbocycles. The van der Waals surface area contributed by atoms with Crippen LogP contribution in [0.15, 0.2) is 97.3 Å². The molecule has 2 aliphatic rings. The second kappa shape index (κ2) is 12.5. The summed E-state index contributed by atoms with van der Waals surface area (Å²) in [5, 5.41) is 2.82. The molecule has 5 heterocycles. The highest BCUT2D eigenvalue weighted by Crippen LogP contribution is 2.29. The fraction of sp³-hybridized carbons (Fsp3) is 0.250. The van der Waals surface area contributed by atoms with E-state index in [2.05, 4.69) is 33.0 Å². The Balaban J connectivity index is 0.995. The lowest BCUT2D eigenvalue weighted by atomic mass is 10.0. The van der Waals surface area contributed by atoms with Crippen molar-refractivity contribution in [3.63, 3.8) is 0 Å². The molecule has 2 aliphatic heterocycles. The smallest absolute Gasteiger partial charge is 0.298 e. The lowest BCUT2D eigenvalue weighted by molar-refractivity contribution is -0.112. The Hall–Kier alpha value is -5.15. The molecule has 2 saturated heterocycles. The predicted molar refractivity (Wildman–Crippen MR) is 179 cm³/mol. The molecule has 7 rings (SSSR count). The van der Waals surface area contributed by atoms with Crippen molar-refractivity contribution < 1.29 is 14.3 Å². The number of fused-ring (bicyclic) bond motifs is 1. The van der Waals surface area contributed by atoms with Gasteiger partial charge in [-0.3, -0.25) is 9.59 Å². The van der Waals surface area contributed by atoms with Gasteiger partial charge in [-0.25, -0.2) is 4.98 Å². The number of hydrogen-bond donors (Lipinski definition) is 1. The number of ether oxygens (including phenoxy) is 1. The largest absolute Gasteiger partial charge is 0.378 e. The Morgan fingerprint density at radius 3 is 2.18 bits per heavy atom. The van der Waals surface area contributed by atoms with Gasteiger partial charge in [0.25, 0.3) is 11.7 Å². The Bertz CT molecular complexity index is 1820. The van der Waals surface area contributed by atoms with Crippen LogP contribution in [-0.4, -0.2) is 73.6 Å². The number of carbonyl (C=O) groups is 2. The molecule has 228 valence electrons. The molecule has 0 radical (unpaired) electrons. The number of aromatic nitrogens is 2. The summed E-state index contributed by atoms with van der Waals surface area (Å²) in [5.41, 5.74) is 6.83. The monoisotopic (exact) mass is 600 g/mol. The van der Waals surface area contributed by atoms with E-state index in [0.717, 1.165) is 86.3 Å². The Kier molecular flexibility index (Phi) is 7.92. The van der Waals surface area contributed by atoms with Crippen molar-refractivity contribution in [2.75, 3.05) is 72.5 Å². The Morgan fingerprint density at radius 2 is 1.44 bits per heavy atom. The molecule has 9 nitrogen and oxygen atoms in total. The number of hydrogen-bond acceptors (Lipinski definition) is 7. The van der Waals surface area contributed by atoms with Crippen LogP contribution in [-0.2, 0) is 9.53 Å². The molecule has 0 spiro atoms. The number of rotatable bonds is 7. The lowest BCUT2D eigenvalue weighted by Crippen LogP contribution is -2.47. The zero-order valence-corrected chi connectivity index (χ0v) is 25.4. The molecule has 0 unspecified atom stereocenters. The van der Waals surface area contributed by atoms with Crippen molar-refractivity contribution in [3.8, 4) is 11.1 Å². The number of nitrogens with one attached hydrogen (secondary N) is 1. The van der Waals surface area contributed by atoms with Crippen LogP contribution in [0.4, 0.5) is 22.9 Å². The van der Waals surface area contributed by atoms with Crippen molar-refractivity contribution in [3.05, 3.63) is 109 Å². The zero-order chi connectivity index (χ0) is 30.8. The third-order valence-electron chi connectivity index (χ3n) is 8.67. The average Bonchev–Trinajstić information content (AvgIpc) is 3.49. The van der Waals surface area contributed by atoms with Gasteiger partial charge in [0.05, 0.1) is 25.1 Å². The molecule has 1 N–H and O–H groups in total. The summed E-state index contributed by atoms with van der Waals surface area (Å²) in [5.74, 6) is -0.206. The minimum atomic E-state index is -0.667. The Labute approximate surface area is 262 Å². The van der Waals surface area contributed by atoms with Gasteiger partial charge >= 0.3 is 0 Å². The van der Waals surface area contributed by atoms with Crippen molar-refractivity contribution in [1.82, 2.24) is 9.38 Å². The van der Waals surface area contributed by atoms with Gasteiger partial charge in [-0.05, 0) is 66.6 Å². The van der Waals surface area contributed by atoms with E-state index in [9.17, 15) is 9.59 Å². The average molecular weight is 601 g/mol. The number of aryl methyl sites for hydroxylation is 1. The standard InChI is InChI=1S/C36H36N6O3/c1-26-23-31(40-19-21-45-22-20-40)25-37-35(26)41-17-15-39(16-18-41)29-12-10-28(11-13-29)38-36(44)34(43)33-32(27-7-3-2-4-8-27)24-30-9-5-6-14-42(30)33/h2-14,23-25H,15-22H2,1H3,(H,38,44). The van der Waals surface area contributed by atoms with Crippen molar-refractivity contribution in [2.45, 2.75) is 6.92 Å². The number of ketones is 1. The Morgan fingerprint density at radius 1 is 0.756 bits per heavy atom. The zero-order valence-electron chi connectivity index (χ0n) is 25.4. The van der Waals surface area contributed by atoms with Gasteiger partial charge in [0, 0.05) is 67.9 Å². The minimum Gasteiger partial charge on any atom is -0.378 e. The van der Waals surface area contributed by atoms with E-state index in [1.54, 1.807) is 4.40 Å². The summed E-state index contributed by atoms with van der Waals surface area (Å²) in [7, 11) is 0. The number of nitrogens with zero attached hydrogens (tertiary/aromatic N) is 5. The first-order chi connectivity index (χ1) is 22.0. The highest BCUT2D eigenvalue weighted by atomic mass is 16.5. The van der Waals surface area contributed by atoms with Crippen molar-refractivity contribution in [2.24, 2.45) is 0 Å². The van der Waals surface area contributed by atoms with Crippen LogP contribution in [0.2, 0.25) is 0 Å². The van der Waals surface area contributed by atoms with E-state index in [0.29, 0.717) is 11.4 Å². The third-order valence-corrected chi connectivity index (χ3v) is 8.67. The van der Waals surface area contributed by atoms with Crippen LogP contribution in [0, 0.1) is 6.92 Å². The molecule has 0 bridgehead atoms. The predicted octanol–water partition coefficient (Wildman–Crippen LogP) is 5.29. The van der Waals surface area contributed by atoms with Crippen LogP contribution >= 0.6 is 0 Å². The van der Waals surface area contributed by atoms with E-state index < -0.39 is 11.7 Å². The van der Waals surface area contributed by atoms with E-state index in [1.165, 1.54) is 5.56 Å². The quantitative estimate of drug-likeness (QED) is 0.201. The molecule has 0 atom stereocenters. The summed E-state index contributed by atoms with van der Waals surface area (Å²) < 4.78 is 7.27. The fourth-order valence-electron chi connectivity index (χ4n) is 6.30. The van der Waals surface area contributed by atoms with E-state index in [4.69, 9.17) is 9.72 Å². The van der Waals surface area contributed by atoms with Gasteiger partial charge in [-0.15, -0.1) is 0 Å². The third kappa shape index (κ3) is 5.86. The molecule has 3 aromatic heterocycles. The molecule has 1 amide bonds. The maximum absolute atomic E-state index is 13.5. The van der Waals surface area contributed by atoms with Crippen LogP contribution in [0.25, 0.3) is 16.6 Å². The number of amides is 1. The lowest BCUT2D eigenvalue weighted by Gasteiger charge is -2.37. The molecule has 9 heteroatoms. The fourth-order valence-corrected chi connectivity index (χ4v) is 6.30. The highest BCUT2D eigenvalue weighted by Gasteiger charge is 2.25. The van der Waals surface area contributed by atoms with Gasteiger partial charge < -0.3 is 29.2 Å². The summed E-state index contributed by atoms with van der Waals surface area (Å²) in [4.78, 5) is 38.6. The van der Waals surface area contributed by atoms with E-state index in [1.807, 2.05) is 91.3 Å². The van der Waals surface area contributed by atoms with Gasteiger partial charge in [0.15, 0.2) is 0 Å². The number of Topliss-reactive ketones (excluding diaryl/α,β-unsaturated/α-hetero) is 1. The SMILES string of the molecule is Cc1cc(N2CCOCC2)cnc1N1CCN(c2ccc(NC(=O)C(=O)c3c(-c4ccccc4)cc4ccccn34)cc2)CC1. The topological polar surface area (TPSA) is 82.4 Å². The summed E-state index contributed by atoms with van der Waals surface area (Å²) in [6, 6.07) is 27.3. The first-order valence-corrected chi connectivity index (χ1v) is 15.5. The number of morpholine rings is 1. The molecule has 2 aromatic carbocycles. The van der Waals surface area contributed by atoms with Crippen LogP contribution in [0.5, 0.6) is 0 Å². The maximum Gasteiger partial charge on any atom is 0.298 e.